The van der Waals surface area contributed by atoms with E-state index in [0.717, 1.165) is 25.8 Å². The molecular formula is C28H43N5O5. The third-order valence-electron chi connectivity index (χ3n) is 7.16. The second kappa shape index (κ2) is 14.1. The number of ether oxygens (including phenoxy) is 1. The zero-order chi connectivity index (χ0) is 27.7. The van der Waals surface area contributed by atoms with E-state index in [1.165, 1.54) is 0 Å². The van der Waals surface area contributed by atoms with Crippen LogP contribution in [0.2, 0.25) is 0 Å². The molecule has 0 spiro atoms. The Morgan fingerprint density at radius 3 is 2.63 bits per heavy atom. The van der Waals surface area contributed by atoms with Crippen molar-refractivity contribution >= 4 is 23.6 Å². The van der Waals surface area contributed by atoms with Gasteiger partial charge in [-0.1, -0.05) is 26.0 Å². The van der Waals surface area contributed by atoms with Crippen LogP contribution in [0.5, 0.6) is 5.75 Å². The first-order chi connectivity index (χ1) is 18.2. The van der Waals surface area contributed by atoms with E-state index in [-0.39, 0.29) is 49.1 Å². The summed E-state index contributed by atoms with van der Waals surface area (Å²) in [4.78, 5) is 56.5. The Morgan fingerprint density at radius 1 is 1.13 bits per heavy atom. The van der Waals surface area contributed by atoms with E-state index in [9.17, 15) is 19.2 Å². The minimum atomic E-state index is -0.892. The molecule has 1 aromatic rings. The van der Waals surface area contributed by atoms with Crippen LogP contribution in [0.25, 0.3) is 0 Å². The minimum absolute atomic E-state index is 0.0501. The van der Waals surface area contributed by atoms with Gasteiger partial charge in [0, 0.05) is 19.5 Å². The van der Waals surface area contributed by atoms with Crippen molar-refractivity contribution in [3.63, 3.8) is 0 Å². The summed E-state index contributed by atoms with van der Waals surface area (Å²) in [7, 11) is 4.00. The van der Waals surface area contributed by atoms with Crippen LogP contribution in [0.1, 0.15) is 62.7 Å². The number of carbonyl (C=O) groups is 4. The second-order valence-electron chi connectivity index (χ2n) is 10.8. The fraction of sp³-hybridized carbons (Fsp3) is 0.643. The molecule has 1 aromatic carbocycles. The highest BCUT2D eigenvalue weighted by Gasteiger charge is 2.36. The van der Waals surface area contributed by atoms with Crippen molar-refractivity contribution in [3.8, 4) is 5.75 Å². The molecule has 10 nitrogen and oxygen atoms in total. The second-order valence-corrected chi connectivity index (χ2v) is 10.8. The number of nitrogens with zero attached hydrogens (tertiary/aromatic N) is 2. The molecule has 3 rings (SSSR count). The lowest BCUT2D eigenvalue weighted by Gasteiger charge is -2.28. The molecule has 4 amide bonds. The van der Waals surface area contributed by atoms with Gasteiger partial charge in [0.15, 0.2) is 0 Å². The average Bonchev–Trinajstić information content (AvgIpc) is 3.38. The first-order valence-corrected chi connectivity index (χ1v) is 13.7. The van der Waals surface area contributed by atoms with Crippen molar-refractivity contribution in [1.29, 1.82) is 0 Å². The van der Waals surface area contributed by atoms with Gasteiger partial charge in [-0.3, -0.25) is 19.2 Å². The van der Waals surface area contributed by atoms with E-state index in [2.05, 4.69) is 20.9 Å². The number of hydrogen-bond acceptors (Lipinski definition) is 6. The van der Waals surface area contributed by atoms with E-state index in [0.29, 0.717) is 30.8 Å². The summed E-state index contributed by atoms with van der Waals surface area (Å²) in [5, 5.41) is 8.80. The number of hydrogen-bond donors (Lipinski definition) is 3. The van der Waals surface area contributed by atoms with E-state index >= 15 is 0 Å². The molecule has 2 heterocycles. The topological polar surface area (TPSA) is 120 Å². The molecule has 0 bridgehead atoms. The predicted molar refractivity (Wildman–Crippen MR) is 145 cm³/mol. The standard InChI is InChI=1S/C28H43N5O5/c1-19(2)22-18-38-24-12-6-5-10-20(24)26(35)30-21(27(36)29-15-7-8-16-32(3)4)13-14-25(34)33-17-9-11-23(33)28(37)31-22/h5-6,10,12,19,21-23H,7-9,11,13-18H2,1-4H3,(H,29,36)(H,30,35)(H,31,37)/t21-,22-,23-/m0/s1. The molecular weight excluding hydrogens is 486 g/mol. The number of para-hydroxylation sites is 1. The molecule has 2 aliphatic heterocycles. The lowest BCUT2D eigenvalue weighted by Crippen LogP contribution is -2.52. The maximum absolute atomic E-state index is 13.3. The average molecular weight is 530 g/mol. The van der Waals surface area contributed by atoms with Crippen LogP contribution in [-0.2, 0) is 14.4 Å². The molecule has 210 valence electrons. The van der Waals surface area contributed by atoms with Gasteiger partial charge in [0.25, 0.3) is 5.91 Å². The maximum atomic E-state index is 13.3. The first-order valence-electron chi connectivity index (χ1n) is 13.7. The number of fused-ring (bicyclic) bond motifs is 2. The Hall–Kier alpha value is -3.14. The molecule has 2 aliphatic rings. The van der Waals surface area contributed by atoms with Crippen LogP contribution in [-0.4, -0.2) is 91.9 Å². The Kier molecular flexibility index (Phi) is 10.9. The van der Waals surface area contributed by atoms with Gasteiger partial charge >= 0.3 is 0 Å². The third-order valence-corrected chi connectivity index (χ3v) is 7.16. The maximum Gasteiger partial charge on any atom is 0.255 e. The van der Waals surface area contributed by atoms with E-state index in [1.54, 1.807) is 29.2 Å². The van der Waals surface area contributed by atoms with E-state index in [1.807, 2.05) is 27.9 Å². The summed E-state index contributed by atoms with van der Waals surface area (Å²) in [6.07, 6.45) is 3.27. The molecule has 3 N–H and O–H groups in total. The minimum Gasteiger partial charge on any atom is -0.491 e. The summed E-state index contributed by atoms with van der Waals surface area (Å²) in [6.45, 7) is 6.05. The number of carbonyl (C=O) groups excluding carboxylic acids is 4. The predicted octanol–water partition coefficient (Wildman–Crippen LogP) is 1.55. The molecule has 0 aliphatic carbocycles. The lowest BCUT2D eigenvalue weighted by molar-refractivity contribution is -0.139. The molecule has 1 fully saturated rings. The lowest BCUT2D eigenvalue weighted by atomic mass is 10.0. The summed E-state index contributed by atoms with van der Waals surface area (Å²) < 4.78 is 6.04. The zero-order valence-electron chi connectivity index (χ0n) is 23.1. The molecule has 0 unspecified atom stereocenters. The SMILES string of the molecule is CC(C)[C@@H]1COc2ccccc2C(=O)N[C@H](C(=O)NCCCCN(C)C)CCC(=O)N2CCC[C@H]2C(=O)N1. The number of nitrogens with one attached hydrogen (secondary N) is 3. The third kappa shape index (κ3) is 8.18. The van der Waals surface area contributed by atoms with Crippen LogP contribution >= 0.6 is 0 Å². The first kappa shape index (κ1) is 29.4. The Labute approximate surface area is 225 Å². The van der Waals surface area contributed by atoms with Gasteiger partial charge in [0.1, 0.15) is 24.4 Å². The molecule has 0 saturated carbocycles. The van der Waals surface area contributed by atoms with Crippen molar-refractivity contribution in [2.24, 2.45) is 5.92 Å². The van der Waals surface area contributed by atoms with Crippen LogP contribution < -0.4 is 20.7 Å². The fourth-order valence-corrected chi connectivity index (χ4v) is 4.78. The highest BCUT2D eigenvalue weighted by atomic mass is 16.5. The molecule has 38 heavy (non-hydrogen) atoms. The summed E-state index contributed by atoms with van der Waals surface area (Å²) in [5.41, 5.74) is 0.298. The number of unbranched alkanes of at least 4 members (excludes halogenated alkanes) is 1. The number of rotatable bonds is 7. The van der Waals surface area contributed by atoms with Gasteiger partial charge in [0.05, 0.1) is 11.6 Å². The smallest absolute Gasteiger partial charge is 0.255 e. The van der Waals surface area contributed by atoms with Gasteiger partial charge in [-0.05, 0) is 70.8 Å². The Balaban J connectivity index is 1.82. The highest BCUT2D eigenvalue weighted by Crippen LogP contribution is 2.22. The summed E-state index contributed by atoms with van der Waals surface area (Å²) >= 11 is 0. The van der Waals surface area contributed by atoms with Crippen LogP contribution in [0, 0.1) is 5.92 Å². The van der Waals surface area contributed by atoms with Crippen LogP contribution in [0.3, 0.4) is 0 Å². The quantitative estimate of drug-likeness (QED) is 0.461. The number of amides is 4. The highest BCUT2D eigenvalue weighted by molar-refractivity contribution is 5.99. The Bertz CT molecular complexity index is 982. The van der Waals surface area contributed by atoms with E-state index in [4.69, 9.17) is 4.74 Å². The van der Waals surface area contributed by atoms with Gasteiger partial charge in [-0.25, -0.2) is 0 Å². The van der Waals surface area contributed by atoms with Crippen molar-refractivity contribution in [2.75, 3.05) is 40.3 Å². The summed E-state index contributed by atoms with van der Waals surface area (Å²) in [5.74, 6) is -0.696. The molecule has 3 atom stereocenters. The van der Waals surface area contributed by atoms with Crippen molar-refractivity contribution in [2.45, 2.75) is 70.5 Å². The molecule has 0 radical (unpaired) electrons. The monoisotopic (exact) mass is 529 g/mol. The van der Waals surface area contributed by atoms with Gasteiger partial charge in [-0.15, -0.1) is 0 Å². The van der Waals surface area contributed by atoms with Crippen LogP contribution in [0.15, 0.2) is 24.3 Å². The number of benzene rings is 1. The zero-order valence-corrected chi connectivity index (χ0v) is 23.1. The normalized spacial score (nSPS) is 23.1. The van der Waals surface area contributed by atoms with Gasteiger partial charge < -0.3 is 30.5 Å². The fourth-order valence-electron chi connectivity index (χ4n) is 4.78. The Morgan fingerprint density at radius 2 is 1.89 bits per heavy atom. The van der Waals surface area contributed by atoms with Crippen molar-refractivity contribution < 1.29 is 23.9 Å². The van der Waals surface area contributed by atoms with Gasteiger partial charge in [-0.2, -0.15) is 0 Å². The van der Waals surface area contributed by atoms with E-state index < -0.39 is 18.0 Å². The summed E-state index contributed by atoms with van der Waals surface area (Å²) in [6, 6.07) is 5.12. The van der Waals surface area contributed by atoms with Crippen molar-refractivity contribution in [3.05, 3.63) is 29.8 Å². The molecule has 1 saturated heterocycles. The van der Waals surface area contributed by atoms with Gasteiger partial charge in [0.2, 0.25) is 17.7 Å². The molecule has 10 heteroatoms. The van der Waals surface area contributed by atoms with Crippen LogP contribution in [0.4, 0.5) is 0 Å². The van der Waals surface area contributed by atoms with Crippen molar-refractivity contribution in [1.82, 2.24) is 25.8 Å². The molecule has 0 aromatic heterocycles. The largest absolute Gasteiger partial charge is 0.491 e.